The van der Waals surface area contributed by atoms with Crippen molar-refractivity contribution in [2.24, 2.45) is 51.8 Å². The van der Waals surface area contributed by atoms with E-state index in [4.69, 9.17) is 0 Å². The highest BCUT2D eigenvalue weighted by atomic mass is 16.3. The molecule has 0 saturated heterocycles. The average molecular weight is 415 g/mol. The Hall–Kier alpha value is -0.300. The number of aliphatic hydroxyl groups excluding tert-OH is 1. The molecule has 0 heterocycles. The first kappa shape index (κ1) is 22.9. The fraction of sp³-hybridized carbons (Fsp3) is 0.931. The lowest BCUT2D eigenvalue weighted by Crippen LogP contribution is -2.52. The van der Waals surface area contributed by atoms with Gasteiger partial charge in [0.25, 0.3) is 0 Å². The Morgan fingerprint density at radius 2 is 1.73 bits per heavy atom. The topological polar surface area (TPSA) is 20.2 Å². The van der Waals surface area contributed by atoms with E-state index in [9.17, 15) is 5.11 Å². The number of hydrogen-bond acceptors (Lipinski definition) is 1. The van der Waals surface area contributed by atoms with E-state index in [1.165, 1.54) is 70.6 Å². The van der Waals surface area contributed by atoms with Gasteiger partial charge >= 0.3 is 0 Å². The van der Waals surface area contributed by atoms with Crippen LogP contribution >= 0.6 is 0 Å². The van der Waals surface area contributed by atoms with Crippen molar-refractivity contribution in [3.05, 3.63) is 11.6 Å². The lowest BCUT2D eigenvalue weighted by atomic mass is 9.44. The van der Waals surface area contributed by atoms with Crippen LogP contribution in [0.3, 0.4) is 0 Å². The number of allylic oxidation sites excluding steroid dienone is 2. The summed E-state index contributed by atoms with van der Waals surface area (Å²) in [6.45, 7) is 15.4. The fourth-order valence-electron chi connectivity index (χ4n) is 9.52. The van der Waals surface area contributed by atoms with Gasteiger partial charge in [0.05, 0.1) is 0 Å². The van der Waals surface area contributed by atoms with E-state index in [2.05, 4.69) is 47.6 Å². The summed E-state index contributed by atoms with van der Waals surface area (Å²) in [5, 5.41) is 10.3. The zero-order valence-electron chi connectivity index (χ0n) is 21.0. The van der Waals surface area contributed by atoms with E-state index in [1.54, 1.807) is 0 Å². The molecular formula is C29H50O. The second-order valence-electron chi connectivity index (χ2n) is 13.4. The van der Waals surface area contributed by atoms with Crippen molar-refractivity contribution in [3.63, 3.8) is 0 Å². The molecule has 0 amide bonds. The summed E-state index contributed by atoms with van der Waals surface area (Å²) in [6.07, 6.45) is 17.8. The molecule has 0 bridgehead atoms. The van der Waals surface area contributed by atoms with Crippen LogP contribution in [0.25, 0.3) is 0 Å². The third kappa shape index (κ3) is 3.64. The molecular weight excluding hydrogens is 364 g/mol. The molecule has 0 aliphatic heterocycles. The zero-order chi connectivity index (χ0) is 21.7. The molecule has 0 aromatic heterocycles. The standard InChI is InChI=1S/C29H50O/c1-20(2)9-7-10-21(19-30)23-12-13-24-22-11-14-26-27(3,4)16-8-17-29(26,6)25(22)15-18-28(23,24)5/h14,20-25,30H,7-13,15-19H2,1-6H3/t21?,22-,23+,24-,25-,28+,29+/m0/s1. The molecule has 1 heteroatoms. The lowest BCUT2D eigenvalue weighted by Gasteiger charge is -2.60. The normalized spacial score (nSPS) is 43.5. The molecule has 7 atom stereocenters. The first-order chi connectivity index (χ1) is 14.1. The van der Waals surface area contributed by atoms with Crippen LogP contribution in [0.15, 0.2) is 11.6 Å². The predicted molar refractivity (Wildman–Crippen MR) is 128 cm³/mol. The van der Waals surface area contributed by atoms with Crippen LogP contribution in [0, 0.1) is 51.8 Å². The SMILES string of the molecule is CC(C)CCCC(CO)[C@H]1CC[C@H]2[C@@H]3CC=C4C(C)(C)CCC[C@]4(C)[C@H]3CC[C@]12C. The zero-order valence-corrected chi connectivity index (χ0v) is 21.0. The molecule has 1 unspecified atom stereocenters. The number of rotatable bonds is 6. The molecule has 4 aliphatic rings. The largest absolute Gasteiger partial charge is 0.396 e. The number of hydrogen-bond donors (Lipinski definition) is 1. The third-order valence-electron chi connectivity index (χ3n) is 10.9. The molecule has 0 spiro atoms. The van der Waals surface area contributed by atoms with Crippen LogP contribution in [-0.2, 0) is 0 Å². The second-order valence-corrected chi connectivity index (χ2v) is 13.4. The quantitative estimate of drug-likeness (QED) is 0.436. The first-order valence-corrected chi connectivity index (χ1v) is 13.5. The molecule has 0 aromatic rings. The Balaban J connectivity index is 1.54. The van der Waals surface area contributed by atoms with Crippen LogP contribution in [0.5, 0.6) is 0 Å². The molecule has 1 nitrogen and oxygen atoms in total. The fourth-order valence-corrected chi connectivity index (χ4v) is 9.52. The van der Waals surface area contributed by atoms with Crippen molar-refractivity contribution in [1.82, 2.24) is 0 Å². The van der Waals surface area contributed by atoms with Crippen LogP contribution in [0.4, 0.5) is 0 Å². The monoisotopic (exact) mass is 414 g/mol. The van der Waals surface area contributed by atoms with Crippen molar-refractivity contribution in [3.8, 4) is 0 Å². The second kappa shape index (κ2) is 8.24. The summed E-state index contributed by atoms with van der Waals surface area (Å²) in [6, 6.07) is 0. The van der Waals surface area contributed by atoms with Gasteiger partial charge in [0.1, 0.15) is 0 Å². The molecule has 0 radical (unpaired) electrons. The van der Waals surface area contributed by atoms with Crippen LogP contribution < -0.4 is 0 Å². The molecule has 3 fully saturated rings. The Bertz CT molecular complexity index is 645. The molecule has 3 saturated carbocycles. The maximum Gasteiger partial charge on any atom is 0.0462 e. The maximum atomic E-state index is 10.3. The highest BCUT2D eigenvalue weighted by Gasteiger charge is 2.60. The molecule has 1 N–H and O–H groups in total. The van der Waals surface area contributed by atoms with E-state index in [1.807, 2.05) is 5.57 Å². The van der Waals surface area contributed by atoms with E-state index in [-0.39, 0.29) is 0 Å². The minimum atomic E-state index is 0.412. The molecule has 172 valence electrons. The van der Waals surface area contributed by atoms with Crippen LogP contribution in [0.2, 0.25) is 0 Å². The third-order valence-corrected chi connectivity index (χ3v) is 10.9. The summed E-state index contributed by atoms with van der Waals surface area (Å²) in [7, 11) is 0. The van der Waals surface area contributed by atoms with Gasteiger partial charge in [0.15, 0.2) is 0 Å². The molecule has 4 aliphatic carbocycles. The Labute approximate surface area is 187 Å². The van der Waals surface area contributed by atoms with E-state index >= 15 is 0 Å². The lowest BCUT2D eigenvalue weighted by molar-refractivity contribution is -0.0632. The first-order valence-electron chi connectivity index (χ1n) is 13.5. The molecule has 30 heavy (non-hydrogen) atoms. The van der Waals surface area contributed by atoms with E-state index < -0.39 is 0 Å². The van der Waals surface area contributed by atoms with Crippen molar-refractivity contribution in [2.75, 3.05) is 6.61 Å². The predicted octanol–water partition coefficient (Wildman–Crippen LogP) is 8.03. The van der Waals surface area contributed by atoms with Gasteiger partial charge in [-0.15, -0.1) is 0 Å². The van der Waals surface area contributed by atoms with Crippen LogP contribution in [0.1, 0.15) is 112 Å². The Morgan fingerprint density at radius 3 is 2.43 bits per heavy atom. The highest BCUT2D eigenvalue weighted by Crippen LogP contribution is 2.68. The Morgan fingerprint density at radius 1 is 0.967 bits per heavy atom. The van der Waals surface area contributed by atoms with E-state index in [0.29, 0.717) is 28.8 Å². The van der Waals surface area contributed by atoms with Gasteiger partial charge in [-0.05, 0) is 103 Å². The van der Waals surface area contributed by atoms with Gasteiger partial charge in [-0.1, -0.05) is 72.5 Å². The van der Waals surface area contributed by atoms with Crippen molar-refractivity contribution < 1.29 is 5.11 Å². The average Bonchev–Trinajstić information content (AvgIpc) is 3.01. The van der Waals surface area contributed by atoms with Crippen molar-refractivity contribution >= 4 is 0 Å². The van der Waals surface area contributed by atoms with Gasteiger partial charge in [-0.2, -0.15) is 0 Å². The van der Waals surface area contributed by atoms with Gasteiger partial charge in [0, 0.05) is 6.61 Å². The maximum absolute atomic E-state index is 10.3. The number of aliphatic hydroxyl groups is 1. The van der Waals surface area contributed by atoms with Gasteiger partial charge < -0.3 is 5.11 Å². The van der Waals surface area contributed by atoms with Crippen molar-refractivity contribution in [1.29, 1.82) is 0 Å². The highest BCUT2D eigenvalue weighted by molar-refractivity contribution is 5.29. The number of fused-ring (bicyclic) bond motifs is 5. The van der Waals surface area contributed by atoms with E-state index in [0.717, 1.165) is 29.6 Å². The summed E-state index contributed by atoms with van der Waals surface area (Å²) in [4.78, 5) is 0. The minimum Gasteiger partial charge on any atom is -0.396 e. The Kier molecular flexibility index (Phi) is 6.28. The van der Waals surface area contributed by atoms with Gasteiger partial charge in [0.2, 0.25) is 0 Å². The summed E-state index contributed by atoms with van der Waals surface area (Å²) in [5.41, 5.74) is 3.16. The van der Waals surface area contributed by atoms with Gasteiger partial charge in [-0.3, -0.25) is 0 Å². The molecule has 0 aromatic carbocycles. The van der Waals surface area contributed by atoms with Crippen molar-refractivity contribution in [2.45, 2.75) is 112 Å². The minimum absolute atomic E-state index is 0.412. The summed E-state index contributed by atoms with van der Waals surface area (Å²) < 4.78 is 0. The summed E-state index contributed by atoms with van der Waals surface area (Å²) >= 11 is 0. The van der Waals surface area contributed by atoms with Gasteiger partial charge in [-0.25, -0.2) is 0 Å². The van der Waals surface area contributed by atoms with Crippen LogP contribution in [-0.4, -0.2) is 11.7 Å². The summed E-state index contributed by atoms with van der Waals surface area (Å²) in [5.74, 6) is 4.76. The smallest absolute Gasteiger partial charge is 0.0462 e. The molecule has 4 rings (SSSR count).